The SMILES string of the molecule is COc1cc(C)c(S(=O)(=O)Nc2cccc(Cl)c2)cc1OC. The zero-order valence-electron chi connectivity index (χ0n) is 12.4. The maximum absolute atomic E-state index is 12.6. The molecule has 0 aliphatic heterocycles. The van der Waals surface area contributed by atoms with Crippen molar-refractivity contribution in [1.29, 1.82) is 0 Å². The van der Waals surface area contributed by atoms with Crippen LogP contribution in [0.5, 0.6) is 11.5 Å². The Morgan fingerprint density at radius 1 is 1.05 bits per heavy atom. The molecule has 2 rings (SSSR count). The fourth-order valence-electron chi connectivity index (χ4n) is 2.01. The Balaban J connectivity index is 2.45. The molecule has 0 unspecified atom stereocenters. The molecule has 2 aromatic carbocycles. The highest BCUT2D eigenvalue weighted by Gasteiger charge is 2.20. The van der Waals surface area contributed by atoms with E-state index in [-0.39, 0.29) is 4.90 Å². The summed E-state index contributed by atoms with van der Waals surface area (Å²) in [4.78, 5) is 0.116. The highest BCUT2D eigenvalue weighted by Crippen LogP contribution is 2.33. The number of nitrogens with one attached hydrogen (secondary N) is 1. The third-order valence-corrected chi connectivity index (χ3v) is 4.81. The molecule has 0 fully saturated rings. The van der Waals surface area contributed by atoms with E-state index in [1.54, 1.807) is 31.2 Å². The zero-order valence-corrected chi connectivity index (χ0v) is 14.0. The van der Waals surface area contributed by atoms with Gasteiger partial charge in [-0.3, -0.25) is 4.72 Å². The Morgan fingerprint density at radius 2 is 1.68 bits per heavy atom. The summed E-state index contributed by atoms with van der Waals surface area (Å²) in [6.07, 6.45) is 0. The van der Waals surface area contributed by atoms with E-state index in [2.05, 4.69) is 4.72 Å². The Kier molecular flexibility index (Phi) is 4.83. The van der Waals surface area contributed by atoms with Gasteiger partial charge in [0.15, 0.2) is 11.5 Å². The number of benzene rings is 2. The van der Waals surface area contributed by atoms with E-state index >= 15 is 0 Å². The summed E-state index contributed by atoms with van der Waals surface area (Å²) in [6.45, 7) is 1.69. The lowest BCUT2D eigenvalue weighted by Gasteiger charge is -2.14. The van der Waals surface area contributed by atoms with E-state index in [9.17, 15) is 8.42 Å². The molecule has 0 aliphatic carbocycles. The minimum Gasteiger partial charge on any atom is -0.493 e. The van der Waals surface area contributed by atoms with Crippen molar-refractivity contribution in [3.63, 3.8) is 0 Å². The maximum Gasteiger partial charge on any atom is 0.262 e. The predicted octanol–water partition coefficient (Wildman–Crippen LogP) is 3.47. The Labute approximate surface area is 134 Å². The Hall–Kier alpha value is -1.92. The van der Waals surface area contributed by atoms with E-state index in [1.807, 2.05) is 0 Å². The number of aryl methyl sites for hydroxylation is 1. The third-order valence-electron chi connectivity index (χ3n) is 3.05. The molecule has 0 aromatic heterocycles. The lowest BCUT2D eigenvalue weighted by atomic mass is 10.2. The fourth-order valence-corrected chi connectivity index (χ4v) is 3.50. The molecule has 118 valence electrons. The van der Waals surface area contributed by atoms with E-state index in [0.29, 0.717) is 27.8 Å². The third kappa shape index (κ3) is 3.45. The van der Waals surface area contributed by atoms with Gasteiger partial charge >= 0.3 is 0 Å². The van der Waals surface area contributed by atoms with Gasteiger partial charge in [0.1, 0.15) is 0 Å². The molecular formula is C15H16ClNO4S. The standard InChI is InChI=1S/C15H16ClNO4S/c1-10-7-13(20-2)14(21-3)9-15(10)22(18,19)17-12-6-4-5-11(16)8-12/h4-9,17H,1-3H3. The first kappa shape index (κ1) is 16.5. The molecular weight excluding hydrogens is 326 g/mol. The van der Waals surface area contributed by atoms with Gasteiger partial charge in [-0.1, -0.05) is 17.7 Å². The van der Waals surface area contributed by atoms with Crippen molar-refractivity contribution in [2.75, 3.05) is 18.9 Å². The van der Waals surface area contributed by atoms with Crippen LogP contribution >= 0.6 is 11.6 Å². The average molecular weight is 342 g/mol. The summed E-state index contributed by atoms with van der Waals surface area (Å²) < 4.78 is 37.9. The molecule has 0 spiro atoms. The van der Waals surface area contributed by atoms with Crippen molar-refractivity contribution in [2.45, 2.75) is 11.8 Å². The summed E-state index contributed by atoms with van der Waals surface area (Å²) in [5.41, 5.74) is 0.939. The predicted molar refractivity (Wildman–Crippen MR) is 86.5 cm³/mol. The largest absolute Gasteiger partial charge is 0.493 e. The molecule has 1 N–H and O–H groups in total. The van der Waals surface area contributed by atoms with Crippen LogP contribution in [0.4, 0.5) is 5.69 Å². The Morgan fingerprint density at radius 3 is 2.27 bits per heavy atom. The quantitative estimate of drug-likeness (QED) is 0.904. The highest BCUT2D eigenvalue weighted by atomic mass is 35.5. The lowest BCUT2D eigenvalue weighted by Crippen LogP contribution is -2.14. The summed E-state index contributed by atoms with van der Waals surface area (Å²) in [7, 11) is -0.814. The smallest absolute Gasteiger partial charge is 0.262 e. The number of ether oxygens (including phenoxy) is 2. The summed E-state index contributed by atoms with van der Waals surface area (Å²) >= 11 is 5.87. The number of halogens is 1. The first-order valence-electron chi connectivity index (χ1n) is 6.38. The number of hydrogen-bond donors (Lipinski definition) is 1. The molecule has 22 heavy (non-hydrogen) atoms. The second-order valence-electron chi connectivity index (χ2n) is 4.59. The van der Waals surface area contributed by atoms with Crippen LogP contribution in [0.25, 0.3) is 0 Å². The van der Waals surface area contributed by atoms with Gasteiger partial charge in [-0.2, -0.15) is 0 Å². The normalized spacial score (nSPS) is 11.1. The number of sulfonamides is 1. The van der Waals surface area contributed by atoms with Gasteiger partial charge in [-0.05, 0) is 36.8 Å². The molecule has 0 heterocycles. The zero-order chi connectivity index (χ0) is 16.3. The van der Waals surface area contributed by atoms with E-state index in [1.165, 1.54) is 26.4 Å². The van der Waals surface area contributed by atoms with Crippen LogP contribution < -0.4 is 14.2 Å². The monoisotopic (exact) mass is 341 g/mol. The van der Waals surface area contributed by atoms with Gasteiger partial charge < -0.3 is 9.47 Å². The van der Waals surface area contributed by atoms with Gasteiger partial charge in [0, 0.05) is 11.1 Å². The molecule has 0 atom stereocenters. The van der Waals surface area contributed by atoms with E-state index in [4.69, 9.17) is 21.1 Å². The number of anilines is 1. The first-order valence-corrected chi connectivity index (χ1v) is 8.24. The van der Waals surface area contributed by atoms with Crippen molar-refractivity contribution in [2.24, 2.45) is 0 Å². The Bertz CT molecular complexity index is 790. The molecule has 7 heteroatoms. The van der Waals surface area contributed by atoms with E-state index < -0.39 is 10.0 Å². The van der Waals surface area contributed by atoms with Gasteiger partial charge in [0.05, 0.1) is 24.8 Å². The van der Waals surface area contributed by atoms with Gasteiger partial charge in [-0.15, -0.1) is 0 Å². The van der Waals surface area contributed by atoms with Crippen LogP contribution in [-0.4, -0.2) is 22.6 Å². The first-order chi connectivity index (χ1) is 10.4. The minimum atomic E-state index is -3.76. The average Bonchev–Trinajstić information content (AvgIpc) is 2.46. The van der Waals surface area contributed by atoms with Crippen molar-refractivity contribution in [1.82, 2.24) is 0 Å². The van der Waals surface area contributed by atoms with Crippen LogP contribution in [0.2, 0.25) is 5.02 Å². The highest BCUT2D eigenvalue weighted by molar-refractivity contribution is 7.92. The van der Waals surface area contributed by atoms with Gasteiger partial charge in [0.25, 0.3) is 10.0 Å². The van der Waals surface area contributed by atoms with Crippen molar-refractivity contribution in [3.05, 3.63) is 47.0 Å². The van der Waals surface area contributed by atoms with E-state index in [0.717, 1.165) is 0 Å². The lowest BCUT2D eigenvalue weighted by molar-refractivity contribution is 0.353. The van der Waals surface area contributed by atoms with Crippen LogP contribution in [0.1, 0.15) is 5.56 Å². The van der Waals surface area contributed by atoms with Gasteiger partial charge in [-0.25, -0.2) is 8.42 Å². The number of hydrogen-bond acceptors (Lipinski definition) is 4. The van der Waals surface area contributed by atoms with Crippen LogP contribution in [0.3, 0.4) is 0 Å². The summed E-state index contributed by atoms with van der Waals surface area (Å²) in [6, 6.07) is 9.55. The molecule has 0 bridgehead atoms. The van der Waals surface area contributed by atoms with Crippen LogP contribution in [0.15, 0.2) is 41.3 Å². The topological polar surface area (TPSA) is 64.6 Å². The maximum atomic E-state index is 12.6. The molecule has 0 aliphatic rings. The summed E-state index contributed by atoms with van der Waals surface area (Å²) in [5, 5.41) is 0.448. The molecule has 2 aromatic rings. The van der Waals surface area contributed by atoms with Crippen LogP contribution in [-0.2, 0) is 10.0 Å². The summed E-state index contributed by atoms with van der Waals surface area (Å²) in [5.74, 6) is 0.821. The van der Waals surface area contributed by atoms with Crippen molar-refractivity contribution < 1.29 is 17.9 Å². The molecule has 0 saturated heterocycles. The number of rotatable bonds is 5. The number of methoxy groups -OCH3 is 2. The van der Waals surface area contributed by atoms with Gasteiger partial charge in [0.2, 0.25) is 0 Å². The molecule has 0 amide bonds. The molecule has 5 nitrogen and oxygen atoms in total. The van der Waals surface area contributed by atoms with Crippen LogP contribution in [0, 0.1) is 6.92 Å². The van der Waals surface area contributed by atoms with Crippen molar-refractivity contribution >= 4 is 27.3 Å². The second-order valence-corrected chi connectivity index (χ2v) is 6.68. The minimum absolute atomic E-state index is 0.116. The molecule has 0 radical (unpaired) electrons. The fraction of sp³-hybridized carbons (Fsp3) is 0.200. The second kappa shape index (κ2) is 6.46. The molecule has 0 saturated carbocycles. The van der Waals surface area contributed by atoms with Crippen molar-refractivity contribution in [3.8, 4) is 11.5 Å².